The summed E-state index contributed by atoms with van der Waals surface area (Å²) in [5.41, 5.74) is 5.35. The molecule has 58 heavy (non-hydrogen) atoms. The molecule has 0 radical (unpaired) electrons. The molecule has 0 saturated carbocycles. The number of rotatable bonds is 5. The highest BCUT2D eigenvalue weighted by molar-refractivity contribution is 6.12. The Balaban J connectivity index is 1.32. The third kappa shape index (κ3) is 5.53. The van der Waals surface area contributed by atoms with Crippen molar-refractivity contribution in [2.45, 2.75) is 6.18 Å². The van der Waals surface area contributed by atoms with Gasteiger partial charge in [0.25, 0.3) is 0 Å². The fraction of sp³-hybridized carbons (Fsp3) is 0.0213. The number of alkyl halides is 3. The zero-order valence-electron chi connectivity index (χ0n) is 30.1. The number of benzene rings is 6. The zero-order valence-corrected chi connectivity index (χ0v) is 30.1. The molecular weight excluding hydrogens is 734 g/mol. The second kappa shape index (κ2) is 13.3. The molecule has 0 aliphatic rings. The first-order valence-electron chi connectivity index (χ1n) is 18.1. The highest BCUT2D eigenvalue weighted by atomic mass is 19.4. The van der Waals surface area contributed by atoms with E-state index in [2.05, 4.69) is 30.9 Å². The lowest BCUT2D eigenvalue weighted by Gasteiger charge is -2.19. The molecule has 0 saturated heterocycles. The molecule has 0 spiro atoms. The van der Waals surface area contributed by atoms with E-state index < -0.39 is 11.7 Å². The molecular formula is C47H25F3N8. The van der Waals surface area contributed by atoms with Crippen LogP contribution in [0.4, 0.5) is 18.9 Å². The molecule has 0 aliphatic heterocycles. The number of fused-ring (bicyclic) bond motifs is 6. The third-order valence-electron chi connectivity index (χ3n) is 10.4. The van der Waals surface area contributed by atoms with E-state index in [1.165, 1.54) is 6.07 Å². The normalized spacial score (nSPS) is 11.7. The molecule has 274 valence electrons. The largest absolute Gasteiger partial charge is 0.415 e. The van der Waals surface area contributed by atoms with E-state index >= 15 is 0 Å². The number of nitriles is 1. The van der Waals surface area contributed by atoms with Crippen molar-refractivity contribution in [2.75, 3.05) is 0 Å². The van der Waals surface area contributed by atoms with Gasteiger partial charge in [0, 0.05) is 63.0 Å². The quantitative estimate of drug-likeness (QED) is 0.163. The van der Waals surface area contributed by atoms with Crippen molar-refractivity contribution in [3.05, 3.63) is 175 Å². The Morgan fingerprint density at radius 1 is 0.517 bits per heavy atom. The molecule has 4 aromatic heterocycles. The predicted molar refractivity (Wildman–Crippen MR) is 219 cm³/mol. The minimum absolute atomic E-state index is 0.155. The molecule has 0 unspecified atom stereocenters. The second-order valence-electron chi connectivity index (χ2n) is 13.7. The Morgan fingerprint density at radius 3 is 1.45 bits per heavy atom. The van der Waals surface area contributed by atoms with E-state index in [0.29, 0.717) is 28.6 Å². The van der Waals surface area contributed by atoms with Gasteiger partial charge in [-0.15, -0.1) is 0 Å². The average Bonchev–Trinajstić information content (AvgIpc) is 3.78. The predicted octanol–water partition coefficient (Wildman–Crippen LogP) is 11.9. The van der Waals surface area contributed by atoms with Gasteiger partial charge >= 0.3 is 6.18 Å². The maximum absolute atomic E-state index is 14.4. The SMILES string of the molecule is [C-]#[N+]c1cc(-c2cc(-n3c4ccccc4c4cc(-c5ncccn5)ccc43)c(C#N)c(-n3c4ccccc4c4cc(-c5ncccn5)ccc43)c2)cc(C(F)(F)F)c1. The number of halogens is 3. The van der Waals surface area contributed by atoms with Gasteiger partial charge in [-0.05, 0) is 102 Å². The van der Waals surface area contributed by atoms with Crippen LogP contribution in [0.1, 0.15) is 11.1 Å². The van der Waals surface area contributed by atoms with Gasteiger partial charge in [-0.3, -0.25) is 0 Å². The fourth-order valence-electron chi connectivity index (χ4n) is 7.89. The van der Waals surface area contributed by atoms with Gasteiger partial charge in [0.1, 0.15) is 11.6 Å². The Bertz CT molecular complexity index is 3180. The zero-order chi connectivity index (χ0) is 39.5. The maximum Gasteiger partial charge on any atom is 0.415 e. The van der Waals surface area contributed by atoms with Gasteiger partial charge in [-0.25, -0.2) is 24.8 Å². The van der Waals surface area contributed by atoms with Crippen LogP contribution in [0.3, 0.4) is 0 Å². The lowest BCUT2D eigenvalue weighted by molar-refractivity contribution is -0.137. The highest BCUT2D eigenvalue weighted by Crippen LogP contribution is 2.43. The second-order valence-corrected chi connectivity index (χ2v) is 13.7. The molecule has 0 aliphatic carbocycles. The summed E-state index contributed by atoms with van der Waals surface area (Å²) in [6.45, 7) is 7.69. The molecule has 10 aromatic rings. The van der Waals surface area contributed by atoms with E-state index in [1.54, 1.807) is 49.1 Å². The van der Waals surface area contributed by atoms with Crippen LogP contribution in [0.15, 0.2) is 152 Å². The number of hydrogen-bond donors (Lipinski definition) is 0. The van der Waals surface area contributed by atoms with Crippen molar-refractivity contribution in [3.8, 4) is 51.3 Å². The Hall–Kier alpha value is -8.15. The van der Waals surface area contributed by atoms with E-state index in [-0.39, 0.29) is 16.8 Å². The average molecular weight is 759 g/mol. The van der Waals surface area contributed by atoms with Crippen molar-refractivity contribution >= 4 is 49.3 Å². The van der Waals surface area contributed by atoms with E-state index in [1.807, 2.05) is 94.1 Å². The van der Waals surface area contributed by atoms with Gasteiger partial charge in [0.2, 0.25) is 0 Å². The van der Waals surface area contributed by atoms with Crippen molar-refractivity contribution in [1.29, 1.82) is 5.26 Å². The maximum atomic E-state index is 14.4. The first-order chi connectivity index (χ1) is 28.3. The van der Waals surface area contributed by atoms with Crippen LogP contribution in [0.2, 0.25) is 0 Å². The minimum atomic E-state index is -4.70. The lowest BCUT2D eigenvalue weighted by Crippen LogP contribution is -2.06. The van der Waals surface area contributed by atoms with E-state index in [9.17, 15) is 18.4 Å². The van der Waals surface area contributed by atoms with Crippen LogP contribution < -0.4 is 0 Å². The van der Waals surface area contributed by atoms with Crippen LogP contribution in [-0.2, 0) is 6.18 Å². The Kier molecular flexibility index (Phi) is 7.85. The van der Waals surface area contributed by atoms with Crippen LogP contribution in [0.5, 0.6) is 0 Å². The topological polar surface area (TPSA) is 89.6 Å². The molecule has 0 atom stereocenters. The van der Waals surface area contributed by atoms with Crippen LogP contribution in [-0.4, -0.2) is 29.1 Å². The van der Waals surface area contributed by atoms with Crippen molar-refractivity contribution in [2.24, 2.45) is 0 Å². The molecule has 0 bridgehead atoms. The van der Waals surface area contributed by atoms with Crippen molar-refractivity contribution in [3.63, 3.8) is 0 Å². The Morgan fingerprint density at radius 2 is 0.983 bits per heavy atom. The lowest BCUT2D eigenvalue weighted by atomic mass is 9.97. The van der Waals surface area contributed by atoms with Crippen LogP contribution in [0.25, 0.3) is 93.7 Å². The van der Waals surface area contributed by atoms with Gasteiger partial charge in [0.05, 0.1) is 40.0 Å². The standard InChI is InChI=1S/C47H25F3N8/c1-52-33-21-30(20-32(26-33)47(48,49)50)31-24-43(57-39-10-4-2-8-34(39)36-22-28(12-14-41(36)57)45-53-16-6-17-54-45)38(27-51)44(25-31)58-40-11-5-3-9-35(40)37-23-29(13-15-42(37)58)46-55-18-7-19-56-46/h2-26H. The molecule has 4 heterocycles. The van der Waals surface area contributed by atoms with Crippen molar-refractivity contribution in [1.82, 2.24) is 29.1 Å². The van der Waals surface area contributed by atoms with Gasteiger partial charge in [-0.1, -0.05) is 36.4 Å². The summed E-state index contributed by atoms with van der Waals surface area (Å²) in [7, 11) is 0. The van der Waals surface area contributed by atoms with Crippen molar-refractivity contribution < 1.29 is 13.2 Å². The van der Waals surface area contributed by atoms with Crippen LogP contribution in [0, 0.1) is 17.9 Å². The summed E-state index contributed by atoms with van der Waals surface area (Å²) in [6.07, 6.45) is 2.02. The summed E-state index contributed by atoms with van der Waals surface area (Å²) >= 11 is 0. The molecule has 8 nitrogen and oxygen atoms in total. The first-order valence-corrected chi connectivity index (χ1v) is 18.1. The van der Waals surface area contributed by atoms with Gasteiger partial charge in [0.15, 0.2) is 17.3 Å². The third-order valence-corrected chi connectivity index (χ3v) is 10.4. The smallest absolute Gasteiger partial charge is 0.308 e. The number of aromatic nitrogens is 6. The fourth-order valence-corrected chi connectivity index (χ4v) is 7.89. The monoisotopic (exact) mass is 758 g/mol. The number of nitrogens with zero attached hydrogens (tertiary/aromatic N) is 8. The summed E-state index contributed by atoms with van der Waals surface area (Å²) < 4.78 is 47.0. The highest BCUT2D eigenvalue weighted by Gasteiger charge is 2.32. The molecule has 10 rings (SSSR count). The summed E-state index contributed by atoms with van der Waals surface area (Å²) in [5.74, 6) is 1.11. The summed E-state index contributed by atoms with van der Waals surface area (Å²) in [6, 6.07) is 40.2. The van der Waals surface area contributed by atoms with Gasteiger partial charge in [-0.2, -0.15) is 18.4 Å². The van der Waals surface area contributed by atoms with E-state index in [4.69, 9.17) is 6.57 Å². The Labute approximate surface area is 328 Å². The molecule has 6 aromatic carbocycles. The summed E-state index contributed by atoms with van der Waals surface area (Å²) in [4.78, 5) is 21.2. The number of hydrogen-bond acceptors (Lipinski definition) is 5. The van der Waals surface area contributed by atoms with Crippen LogP contribution >= 0.6 is 0 Å². The summed E-state index contributed by atoms with van der Waals surface area (Å²) in [5, 5.41) is 14.8. The molecule has 0 N–H and O–H groups in total. The van der Waals surface area contributed by atoms with Gasteiger partial charge < -0.3 is 9.13 Å². The number of para-hydroxylation sites is 2. The first kappa shape index (κ1) is 34.3. The molecule has 11 heteroatoms. The molecule has 0 amide bonds. The minimum Gasteiger partial charge on any atom is -0.308 e. The molecule has 0 fully saturated rings. The van der Waals surface area contributed by atoms with E-state index in [0.717, 1.165) is 66.9 Å².